The van der Waals surface area contributed by atoms with Gasteiger partial charge in [0.05, 0.1) is 45.0 Å². The van der Waals surface area contributed by atoms with Crippen LogP contribution in [0.25, 0.3) is 0 Å². The van der Waals surface area contributed by atoms with E-state index >= 15 is 0 Å². The molecule has 0 amide bonds. The number of ether oxygens (including phenoxy) is 5. The topological polar surface area (TPSA) is 110 Å². The third-order valence-corrected chi connectivity index (χ3v) is 9.51. The van der Waals surface area contributed by atoms with Gasteiger partial charge >= 0.3 is 11.9 Å². The Balaban J connectivity index is 1.36. The summed E-state index contributed by atoms with van der Waals surface area (Å²) in [6, 6.07) is 21.2. The number of esters is 2. The molecule has 0 aromatic heterocycles. The molecule has 2 atom stereocenters. The number of benzene rings is 3. The van der Waals surface area contributed by atoms with Crippen LogP contribution in [0.3, 0.4) is 0 Å². The van der Waals surface area contributed by atoms with Gasteiger partial charge in [0, 0.05) is 56.4 Å². The van der Waals surface area contributed by atoms with Crippen molar-refractivity contribution in [1.82, 2.24) is 9.80 Å². The van der Waals surface area contributed by atoms with E-state index in [9.17, 15) is 19.1 Å². The summed E-state index contributed by atoms with van der Waals surface area (Å²) in [5.41, 5.74) is 3.46. The lowest BCUT2D eigenvalue weighted by Crippen LogP contribution is -2.49. The second-order valence-corrected chi connectivity index (χ2v) is 12.7. The van der Waals surface area contributed by atoms with Gasteiger partial charge in [-0.05, 0) is 74.4 Å². The number of nitrogens with zero attached hydrogens (tertiary/aromatic N) is 3. The fraction of sp³-hybridized carbons (Fsp3) is 0.400. The molecule has 2 heterocycles. The maximum atomic E-state index is 14.2. The van der Waals surface area contributed by atoms with Crippen LogP contribution >= 0.6 is 0 Å². The predicted molar refractivity (Wildman–Crippen MR) is 195 cm³/mol. The molecule has 2 aliphatic heterocycles. The maximum absolute atomic E-state index is 14.2. The minimum absolute atomic E-state index is 0.227. The van der Waals surface area contributed by atoms with Crippen LogP contribution in [-0.4, -0.2) is 107 Å². The highest BCUT2D eigenvalue weighted by molar-refractivity contribution is 6.00. The van der Waals surface area contributed by atoms with Crippen LogP contribution in [0.5, 0.6) is 17.2 Å². The van der Waals surface area contributed by atoms with E-state index in [0.717, 1.165) is 26.2 Å². The quantitative estimate of drug-likeness (QED) is 0.166. The lowest BCUT2D eigenvalue weighted by molar-refractivity contribution is -0.143. The predicted octanol–water partition coefficient (Wildman–Crippen LogP) is 5.16. The smallest absolute Gasteiger partial charge is 0.336 e. The van der Waals surface area contributed by atoms with Crippen LogP contribution in [0.1, 0.15) is 31.7 Å². The fourth-order valence-electron chi connectivity index (χ4n) is 6.82. The second-order valence-electron chi connectivity index (χ2n) is 12.7. The molecular weight excluding hydrogens is 669 g/mol. The number of halogens is 1. The van der Waals surface area contributed by atoms with Gasteiger partial charge in [0.2, 0.25) is 0 Å². The average Bonchev–Trinajstić information content (AvgIpc) is 3.17. The van der Waals surface area contributed by atoms with Crippen molar-refractivity contribution in [2.45, 2.75) is 32.3 Å². The first-order valence-electron chi connectivity index (χ1n) is 17.4. The Bertz CT molecular complexity index is 1740. The van der Waals surface area contributed by atoms with Crippen molar-refractivity contribution in [3.63, 3.8) is 0 Å². The monoisotopic (exact) mass is 717 g/mol. The van der Waals surface area contributed by atoms with E-state index < -0.39 is 24.0 Å². The van der Waals surface area contributed by atoms with E-state index in [4.69, 9.17) is 23.7 Å². The van der Waals surface area contributed by atoms with E-state index in [1.807, 2.05) is 36.9 Å². The van der Waals surface area contributed by atoms with E-state index in [-0.39, 0.29) is 23.6 Å². The first kappa shape index (κ1) is 38.2. The molecule has 1 fully saturated rings. The van der Waals surface area contributed by atoms with Crippen LogP contribution in [0.4, 0.5) is 10.1 Å². The summed E-state index contributed by atoms with van der Waals surface area (Å²) in [6.45, 7) is 7.61. The summed E-state index contributed by atoms with van der Waals surface area (Å²) in [5.74, 6) is -1.03. The SMILES string of the molecule is COC(=O)C1=C(C)N(CCCOc2ccc(F)cc2)C(C)=C(C(=O)OCC(O)CN2CCN(c3ccccc3)CC2)C1c1ccc(OC)c(OC)c1. The molecular formula is C40H48FN3O8. The molecule has 0 aliphatic carbocycles. The second kappa shape index (κ2) is 17.9. The van der Waals surface area contributed by atoms with Gasteiger partial charge in [-0.2, -0.15) is 0 Å². The zero-order valence-corrected chi connectivity index (χ0v) is 30.5. The van der Waals surface area contributed by atoms with Crippen LogP contribution < -0.4 is 19.1 Å². The molecule has 12 heteroatoms. The van der Waals surface area contributed by atoms with Crippen molar-refractivity contribution in [1.29, 1.82) is 0 Å². The zero-order valence-electron chi connectivity index (χ0n) is 30.5. The number of β-amino-alcohol motifs (C(OH)–C–C–N with tert-alkyl or cyclic N) is 1. The molecule has 1 saturated heterocycles. The number of carbonyl (C=O) groups excluding carboxylic acids is 2. The number of methoxy groups -OCH3 is 3. The molecule has 5 rings (SSSR count). The molecule has 0 radical (unpaired) electrons. The Labute approximate surface area is 304 Å². The van der Waals surface area contributed by atoms with E-state index in [1.54, 1.807) is 30.3 Å². The number of aliphatic hydroxyl groups is 1. The number of hydrogen-bond donors (Lipinski definition) is 1. The van der Waals surface area contributed by atoms with Gasteiger partial charge in [0.1, 0.15) is 24.3 Å². The number of carbonyl (C=O) groups is 2. The lowest BCUT2D eigenvalue weighted by atomic mass is 9.79. The molecule has 2 unspecified atom stereocenters. The Morgan fingerprint density at radius 3 is 2.13 bits per heavy atom. The summed E-state index contributed by atoms with van der Waals surface area (Å²) >= 11 is 0. The highest BCUT2D eigenvalue weighted by Gasteiger charge is 2.41. The third kappa shape index (κ3) is 9.04. The summed E-state index contributed by atoms with van der Waals surface area (Å²) < 4.78 is 41.3. The van der Waals surface area contributed by atoms with Crippen molar-refractivity contribution >= 4 is 17.6 Å². The minimum Gasteiger partial charge on any atom is -0.494 e. The molecule has 0 spiro atoms. The third-order valence-electron chi connectivity index (χ3n) is 9.51. The molecule has 1 N–H and O–H groups in total. The van der Waals surface area contributed by atoms with Gasteiger partial charge in [-0.1, -0.05) is 24.3 Å². The highest BCUT2D eigenvalue weighted by atomic mass is 19.1. The van der Waals surface area contributed by atoms with Gasteiger partial charge in [0.15, 0.2) is 11.5 Å². The maximum Gasteiger partial charge on any atom is 0.336 e. The summed E-state index contributed by atoms with van der Waals surface area (Å²) in [6.07, 6.45) is -0.409. The summed E-state index contributed by atoms with van der Waals surface area (Å²) in [4.78, 5) is 34.1. The van der Waals surface area contributed by atoms with E-state index in [2.05, 4.69) is 21.9 Å². The molecule has 0 saturated carbocycles. The van der Waals surface area contributed by atoms with Crippen molar-refractivity contribution in [3.05, 3.63) is 107 Å². The normalized spacial score (nSPS) is 17.2. The molecule has 11 nitrogen and oxygen atoms in total. The number of rotatable bonds is 15. The number of anilines is 1. The number of para-hydroxylation sites is 1. The minimum atomic E-state index is -0.923. The van der Waals surface area contributed by atoms with Gasteiger partial charge in [-0.25, -0.2) is 14.0 Å². The highest BCUT2D eigenvalue weighted by Crippen LogP contribution is 2.45. The number of piperazine rings is 1. The first-order valence-corrected chi connectivity index (χ1v) is 17.4. The van der Waals surface area contributed by atoms with Crippen molar-refractivity contribution in [2.75, 3.05) is 78.7 Å². The molecule has 3 aromatic rings. The summed E-state index contributed by atoms with van der Waals surface area (Å²) in [5, 5.41) is 11.0. The van der Waals surface area contributed by atoms with Crippen LogP contribution in [0, 0.1) is 5.82 Å². The van der Waals surface area contributed by atoms with Gasteiger partial charge in [-0.15, -0.1) is 0 Å². The first-order chi connectivity index (χ1) is 25.1. The molecule has 0 bridgehead atoms. The Morgan fingerprint density at radius 2 is 1.50 bits per heavy atom. The summed E-state index contributed by atoms with van der Waals surface area (Å²) in [7, 11) is 4.34. The van der Waals surface area contributed by atoms with Crippen molar-refractivity contribution < 1.29 is 42.8 Å². The Hall–Kier alpha value is -5.07. The standard InChI is InChI=1S/C40H48FN3O8/c1-27-36(39(46)50-5)38(29-12-17-34(48-3)35(24-29)49-4)37(28(2)44(27)18-9-23-51-33-15-13-30(41)14-16-33)40(47)52-26-32(45)25-42-19-21-43(22-20-42)31-10-7-6-8-11-31/h6-8,10-17,24,32,38,45H,9,18-23,25-26H2,1-5H3. The van der Waals surface area contributed by atoms with E-state index in [1.165, 1.54) is 39.1 Å². The molecule has 2 aliphatic rings. The van der Waals surface area contributed by atoms with Crippen molar-refractivity contribution in [3.8, 4) is 17.2 Å². The fourth-order valence-corrected chi connectivity index (χ4v) is 6.82. The van der Waals surface area contributed by atoms with Crippen molar-refractivity contribution in [2.24, 2.45) is 0 Å². The van der Waals surface area contributed by atoms with Gasteiger partial charge in [0.25, 0.3) is 0 Å². The van der Waals surface area contributed by atoms with Crippen LogP contribution in [0.15, 0.2) is 95.3 Å². The van der Waals surface area contributed by atoms with E-state index in [0.29, 0.717) is 60.3 Å². The Kier molecular flexibility index (Phi) is 13.2. The van der Waals surface area contributed by atoms with Crippen LogP contribution in [-0.2, 0) is 19.1 Å². The van der Waals surface area contributed by atoms with Gasteiger partial charge in [-0.3, -0.25) is 4.90 Å². The zero-order chi connectivity index (χ0) is 37.2. The average molecular weight is 718 g/mol. The number of allylic oxidation sites excluding steroid dienone is 2. The van der Waals surface area contributed by atoms with Crippen LogP contribution in [0.2, 0.25) is 0 Å². The molecule has 3 aromatic carbocycles. The number of hydrogen-bond acceptors (Lipinski definition) is 11. The van der Waals surface area contributed by atoms with Gasteiger partial charge < -0.3 is 38.6 Å². The number of aliphatic hydroxyl groups excluding tert-OH is 1. The molecule has 52 heavy (non-hydrogen) atoms. The molecule has 278 valence electrons. The Morgan fingerprint density at radius 1 is 0.846 bits per heavy atom. The largest absolute Gasteiger partial charge is 0.494 e. The lowest BCUT2D eigenvalue weighted by Gasteiger charge is -2.38.